The number of nitrogens with one attached hydrogen (secondary N) is 6. The Hall–Kier alpha value is -6.12. The zero-order chi connectivity index (χ0) is 46.6. The fourth-order valence-corrected chi connectivity index (χ4v) is 7.98. The van der Waals surface area contributed by atoms with Crippen molar-refractivity contribution in [2.75, 3.05) is 44.9 Å². The van der Waals surface area contributed by atoms with Gasteiger partial charge in [0.2, 0.25) is 11.8 Å². The van der Waals surface area contributed by atoms with Gasteiger partial charge in [0.15, 0.2) is 0 Å². The van der Waals surface area contributed by atoms with Crippen LogP contribution >= 0.6 is 0 Å². The molecule has 1 saturated heterocycles. The summed E-state index contributed by atoms with van der Waals surface area (Å²) < 4.78 is 44.4. The van der Waals surface area contributed by atoms with Crippen molar-refractivity contribution < 1.29 is 32.0 Å². The minimum Gasteiger partial charge on any atom is -0.478 e. The third-order valence-electron chi connectivity index (χ3n) is 10.9. The maximum atomic E-state index is 12.6. The van der Waals surface area contributed by atoms with Gasteiger partial charge in [0, 0.05) is 62.7 Å². The molecule has 1 aliphatic rings. The van der Waals surface area contributed by atoms with Crippen molar-refractivity contribution in [2.45, 2.75) is 69.9 Å². The third kappa shape index (κ3) is 15.5. The lowest BCUT2D eigenvalue weighted by Crippen LogP contribution is -2.49. The van der Waals surface area contributed by atoms with E-state index in [9.17, 15) is 22.6 Å². The summed E-state index contributed by atoms with van der Waals surface area (Å²) in [6, 6.07) is 33.6. The molecule has 2 amide bonds. The molecule has 66 heavy (non-hydrogen) atoms. The van der Waals surface area contributed by atoms with Gasteiger partial charge in [-0.15, -0.1) is 0 Å². The quantitative estimate of drug-likeness (QED) is 0.0139. The molecule has 0 spiro atoms. The van der Waals surface area contributed by atoms with Gasteiger partial charge in [0.1, 0.15) is 10.7 Å². The predicted molar refractivity (Wildman–Crippen MR) is 254 cm³/mol. The van der Waals surface area contributed by atoms with E-state index in [1.165, 1.54) is 30.6 Å². The average molecular weight is 921 g/mol. The van der Waals surface area contributed by atoms with E-state index in [1.807, 2.05) is 42.5 Å². The highest BCUT2D eigenvalue weighted by Gasteiger charge is 2.37. The number of hydrazone groups is 1. The zero-order valence-corrected chi connectivity index (χ0v) is 38.2. The number of amides is 2. The molecule has 3 aromatic carbocycles. The molecule has 3 heterocycles. The van der Waals surface area contributed by atoms with Gasteiger partial charge in [-0.3, -0.25) is 19.6 Å². The van der Waals surface area contributed by atoms with Crippen LogP contribution in [0, 0.1) is 5.41 Å². The number of unbranched alkanes of at least 4 members (excludes halogenated alkanes) is 1. The fraction of sp³-hybridized carbons (Fsp3) is 0.354. The highest BCUT2D eigenvalue weighted by atomic mass is 32.2. The lowest BCUT2D eigenvalue weighted by atomic mass is 9.83. The predicted octanol–water partition coefficient (Wildman–Crippen LogP) is 6.36. The van der Waals surface area contributed by atoms with E-state index in [1.54, 1.807) is 18.2 Å². The van der Waals surface area contributed by atoms with Crippen LogP contribution in [0.1, 0.15) is 74.7 Å². The van der Waals surface area contributed by atoms with Crippen molar-refractivity contribution >= 4 is 34.0 Å². The van der Waals surface area contributed by atoms with E-state index in [0.29, 0.717) is 82.4 Å². The van der Waals surface area contributed by atoms with Crippen molar-refractivity contribution in [1.82, 2.24) is 42.1 Å². The molecule has 1 atom stereocenters. The number of anilines is 1. The van der Waals surface area contributed by atoms with Gasteiger partial charge in [-0.2, -0.15) is 24.6 Å². The van der Waals surface area contributed by atoms with Crippen LogP contribution in [0.3, 0.4) is 0 Å². The van der Waals surface area contributed by atoms with Gasteiger partial charge >= 0.3 is 0 Å². The first kappa shape index (κ1) is 49.3. The molecule has 1 fully saturated rings. The van der Waals surface area contributed by atoms with Gasteiger partial charge in [0.05, 0.1) is 30.2 Å². The highest BCUT2D eigenvalue weighted by molar-refractivity contribution is 7.86. The Kier molecular flexibility index (Phi) is 18.7. The van der Waals surface area contributed by atoms with Crippen LogP contribution < -0.4 is 37.3 Å². The van der Waals surface area contributed by atoms with E-state index < -0.39 is 10.1 Å². The molecule has 0 saturated carbocycles. The summed E-state index contributed by atoms with van der Waals surface area (Å²) in [5.74, 6) is 0.669. The zero-order valence-electron chi connectivity index (χ0n) is 37.4. The standard InChI is InChI=1S/C48H60N10O7S/c1-48(2,25-11-12-31-65-45-33-40(36-16-5-3-6-17-36)32-41(53-45)37-18-7-4-8-19-37)47-55-56-57-58(47)28-13-22-44(59)49-26-14-29-64-30-15-27-50-46(60)39-23-24-43(51-34-39)54-52-35-38-20-9-10-21-42(38)66(61,62)63/h3-10,16-21,23-24,32-35,47,55-57H,11-15,22,25-31H2,1-2H3,(H,49,59)(H,50,60)(H,51,54)(H,61,62,63)/b52-35+. The molecule has 2 aromatic heterocycles. The van der Waals surface area contributed by atoms with Crippen molar-refractivity contribution in [3.63, 3.8) is 0 Å². The van der Waals surface area contributed by atoms with Crippen molar-refractivity contribution in [2.24, 2.45) is 10.5 Å². The molecular formula is C48H60N10O7S. The molecular weight excluding hydrogens is 861 g/mol. The Labute approximate surface area is 386 Å². The monoisotopic (exact) mass is 920 g/mol. The maximum Gasteiger partial charge on any atom is 0.295 e. The molecule has 6 rings (SSSR count). The van der Waals surface area contributed by atoms with E-state index in [0.717, 1.165) is 41.6 Å². The van der Waals surface area contributed by atoms with Crippen molar-refractivity contribution in [1.29, 1.82) is 0 Å². The Morgan fingerprint density at radius 2 is 1.55 bits per heavy atom. The van der Waals surface area contributed by atoms with Crippen LogP contribution in [0.4, 0.5) is 5.82 Å². The summed E-state index contributed by atoms with van der Waals surface area (Å²) >= 11 is 0. The molecule has 17 nitrogen and oxygen atoms in total. The number of pyridine rings is 2. The van der Waals surface area contributed by atoms with E-state index in [4.69, 9.17) is 14.5 Å². The SMILES string of the molecule is CC(C)(CCCCOc1cc(-c2ccccc2)cc(-c2ccccc2)n1)C1NNNN1CCCC(=O)NCCCOCCCNC(=O)c1ccc(N/N=C/c2ccccc2S(=O)(=O)O)nc1. The lowest BCUT2D eigenvalue weighted by molar-refractivity contribution is -0.121. The molecule has 5 aromatic rings. The Morgan fingerprint density at radius 1 is 0.833 bits per heavy atom. The third-order valence-corrected chi connectivity index (χ3v) is 11.8. The fourth-order valence-electron chi connectivity index (χ4n) is 7.31. The summed E-state index contributed by atoms with van der Waals surface area (Å²) in [7, 11) is -4.40. The number of carbonyl (C=O) groups is 2. The molecule has 350 valence electrons. The molecule has 0 bridgehead atoms. The maximum absolute atomic E-state index is 12.6. The second-order valence-electron chi connectivity index (χ2n) is 16.4. The van der Waals surface area contributed by atoms with Crippen LogP contribution in [0.25, 0.3) is 22.4 Å². The largest absolute Gasteiger partial charge is 0.478 e. The summed E-state index contributed by atoms with van der Waals surface area (Å²) in [6.07, 6.45) is 7.88. The van der Waals surface area contributed by atoms with Crippen LogP contribution in [0.15, 0.2) is 125 Å². The lowest BCUT2D eigenvalue weighted by Gasteiger charge is -2.36. The van der Waals surface area contributed by atoms with Crippen LogP contribution in [0.5, 0.6) is 5.88 Å². The summed E-state index contributed by atoms with van der Waals surface area (Å²) in [6.45, 7) is 7.62. The van der Waals surface area contributed by atoms with Gasteiger partial charge in [0.25, 0.3) is 16.0 Å². The Balaban J connectivity index is 0.792. The van der Waals surface area contributed by atoms with E-state index in [-0.39, 0.29) is 33.9 Å². The van der Waals surface area contributed by atoms with Crippen LogP contribution in [-0.4, -0.2) is 91.6 Å². The van der Waals surface area contributed by atoms with E-state index >= 15 is 0 Å². The smallest absolute Gasteiger partial charge is 0.295 e. The molecule has 18 heteroatoms. The van der Waals surface area contributed by atoms with E-state index in [2.05, 4.69) is 91.8 Å². The van der Waals surface area contributed by atoms with Gasteiger partial charge < -0.3 is 20.1 Å². The molecule has 1 aliphatic heterocycles. The number of hydrogen-bond acceptors (Lipinski definition) is 14. The minimum absolute atomic E-state index is 0.000744. The average Bonchev–Trinajstić information content (AvgIpc) is 3.81. The first-order chi connectivity index (χ1) is 32.0. The number of carbonyl (C=O) groups excluding carboxylic acids is 2. The van der Waals surface area contributed by atoms with Gasteiger partial charge in [-0.25, -0.2) is 20.4 Å². The number of aromatic nitrogens is 2. The highest BCUT2D eigenvalue weighted by Crippen LogP contribution is 2.31. The second-order valence-corrected chi connectivity index (χ2v) is 17.8. The molecule has 7 N–H and O–H groups in total. The Bertz CT molecular complexity index is 2390. The molecule has 1 unspecified atom stereocenters. The number of benzene rings is 3. The molecule has 0 aliphatic carbocycles. The Morgan fingerprint density at radius 3 is 2.27 bits per heavy atom. The number of hydrogen-bond donors (Lipinski definition) is 7. The summed E-state index contributed by atoms with van der Waals surface area (Å²) in [5, 5.41) is 11.9. The number of hydrazine groups is 3. The minimum atomic E-state index is -4.40. The number of nitrogens with zero attached hydrogens (tertiary/aromatic N) is 4. The summed E-state index contributed by atoms with van der Waals surface area (Å²) in [5.41, 5.74) is 16.9. The van der Waals surface area contributed by atoms with Crippen molar-refractivity contribution in [3.05, 3.63) is 127 Å². The van der Waals surface area contributed by atoms with Crippen molar-refractivity contribution in [3.8, 4) is 28.3 Å². The second kappa shape index (κ2) is 25.0. The topological polar surface area (TPSA) is 221 Å². The molecule has 0 radical (unpaired) electrons. The van der Waals surface area contributed by atoms with Crippen LogP contribution in [0.2, 0.25) is 0 Å². The number of ether oxygens (including phenoxy) is 2. The first-order valence-corrected chi connectivity index (χ1v) is 23.6. The van der Waals surface area contributed by atoms with Crippen LogP contribution in [-0.2, 0) is 19.6 Å². The normalized spacial score (nSPS) is 14.3. The van der Waals surface area contributed by atoms with Gasteiger partial charge in [-0.05, 0) is 79.3 Å². The first-order valence-electron chi connectivity index (χ1n) is 22.2. The number of rotatable bonds is 26. The summed E-state index contributed by atoms with van der Waals surface area (Å²) in [4.78, 5) is 33.8. The van der Waals surface area contributed by atoms with Gasteiger partial charge in [-0.1, -0.05) is 92.7 Å².